The van der Waals surface area contributed by atoms with Gasteiger partial charge in [0.25, 0.3) is 0 Å². The second-order valence-corrected chi connectivity index (χ2v) is 6.74. The van der Waals surface area contributed by atoms with Gasteiger partial charge in [0.05, 0.1) is 5.60 Å². The molecule has 0 amide bonds. The van der Waals surface area contributed by atoms with Gasteiger partial charge >= 0.3 is 0 Å². The van der Waals surface area contributed by atoms with Crippen molar-refractivity contribution in [3.8, 4) is 0 Å². The molecule has 0 aromatic rings. The van der Waals surface area contributed by atoms with E-state index in [4.69, 9.17) is 0 Å². The van der Waals surface area contributed by atoms with E-state index < -0.39 is 5.60 Å². The quantitative estimate of drug-likeness (QED) is 0.746. The third kappa shape index (κ3) is 7.05. The predicted octanol–water partition coefficient (Wildman–Crippen LogP) is 3.48. The van der Waals surface area contributed by atoms with Crippen LogP contribution >= 0.6 is 0 Å². The van der Waals surface area contributed by atoms with Crippen molar-refractivity contribution in [3.63, 3.8) is 0 Å². The number of nitrogens with one attached hydrogen (secondary N) is 1. The van der Waals surface area contributed by atoms with E-state index in [0.717, 1.165) is 24.8 Å². The van der Waals surface area contributed by atoms with Crippen molar-refractivity contribution in [1.29, 1.82) is 0 Å². The maximum absolute atomic E-state index is 9.67. The van der Waals surface area contributed by atoms with E-state index in [1.165, 1.54) is 32.1 Å². The maximum atomic E-state index is 9.67. The second-order valence-electron chi connectivity index (χ2n) is 6.74. The summed E-state index contributed by atoms with van der Waals surface area (Å²) in [4.78, 5) is 0. The van der Waals surface area contributed by atoms with E-state index in [-0.39, 0.29) is 0 Å². The summed E-state index contributed by atoms with van der Waals surface area (Å²) < 4.78 is 0. The molecule has 0 bridgehead atoms. The summed E-state index contributed by atoms with van der Waals surface area (Å²) in [5.41, 5.74) is -0.501. The Kier molecular flexibility index (Phi) is 5.94. The van der Waals surface area contributed by atoms with Gasteiger partial charge in [0.2, 0.25) is 0 Å². The van der Waals surface area contributed by atoms with Gasteiger partial charge in [0.15, 0.2) is 0 Å². The van der Waals surface area contributed by atoms with Crippen LogP contribution in [0.1, 0.15) is 72.6 Å². The lowest BCUT2D eigenvalue weighted by atomic mass is 9.86. The lowest BCUT2D eigenvalue weighted by Gasteiger charge is -2.30. The Morgan fingerprint density at radius 3 is 2.65 bits per heavy atom. The molecule has 0 aromatic heterocycles. The van der Waals surface area contributed by atoms with Gasteiger partial charge in [-0.25, -0.2) is 0 Å². The number of aliphatic hydroxyl groups is 1. The van der Waals surface area contributed by atoms with Crippen molar-refractivity contribution >= 4 is 0 Å². The Labute approximate surface area is 107 Å². The minimum absolute atomic E-state index is 0.501. The van der Waals surface area contributed by atoms with Crippen molar-refractivity contribution in [2.24, 2.45) is 5.92 Å². The zero-order valence-electron chi connectivity index (χ0n) is 12.1. The Balaban J connectivity index is 2.13. The van der Waals surface area contributed by atoms with E-state index in [1.807, 2.05) is 13.8 Å². The van der Waals surface area contributed by atoms with E-state index in [0.29, 0.717) is 6.04 Å². The van der Waals surface area contributed by atoms with Gasteiger partial charge in [-0.15, -0.1) is 0 Å². The third-order valence-corrected chi connectivity index (χ3v) is 3.88. The van der Waals surface area contributed by atoms with Gasteiger partial charge in [-0.1, -0.05) is 19.8 Å². The first-order chi connectivity index (χ1) is 7.87. The predicted molar refractivity (Wildman–Crippen MR) is 74.2 cm³/mol. The standard InChI is InChI=1S/C15H31NO/c1-12-7-5-9-14(11-12)16-13(2)8-6-10-15(3,4)17/h12-14,16-17H,5-11H2,1-4H3/t12-,13-,14-/m1/s1. The smallest absolute Gasteiger partial charge is 0.0591 e. The average molecular weight is 241 g/mol. The summed E-state index contributed by atoms with van der Waals surface area (Å²) in [6.45, 7) is 8.44. The summed E-state index contributed by atoms with van der Waals surface area (Å²) in [6, 6.07) is 1.32. The van der Waals surface area contributed by atoms with E-state index >= 15 is 0 Å². The molecule has 1 rings (SSSR count). The zero-order valence-corrected chi connectivity index (χ0v) is 12.1. The summed E-state index contributed by atoms with van der Waals surface area (Å²) in [5, 5.41) is 13.4. The van der Waals surface area contributed by atoms with Crippen LogP contribution in [0.5, 0.6) is 0 Å². The molecular weight excluding hydrogens is 210 g/mol. The topological polar surface area (TPSA) is 32.3 Å². The van der Waals surface area contributed by atoms with Gasteiger partial charge in [0, 0.05) is 12.1 Å². The van der Waals surface area contributed by atoms with Crippen molar-refractivity contribution in [2.75, 3.05) is 0 Å². The van der Waals surface area contributed by atoms with Crippen LogP contribution in [-0.2, 0) is 0 Å². The Bertz CT molecular complexity index is 209. The van der Waals surface area contributed by atoms with Crippen LogP contribution in [0.2, 0.25) is 0 Å². The molecule has 0 aromatic carbocycles. The van der Waals surface area contributed by atoms with Gasteiger partial charge < -0.3 is 10.4 Å². The molecule has 102 valence electrons. The van der Waals surface area contributed by atoms with Gasteiger partial charge in [-0.2, -0.15) is 0 Å². The first-order valence-corrected chi connectivity index (χ1v) is 7.35. The van der Waals surface area contributed by atoms with Crippen LogP contribution in [0.3, 0.4) is 0 Å². The van der Waals surface area contributed by atoms with E-state index in [2.05, 4.69) is 19.2 Å². The molecule has 2 heteroatoms. The summed E-state index contributed by atoms with van der Waals surface area (Å²) >= 11 is 0. The molecule has 1 aliphatic carbocycles. The van der Waals surface area contributed by atoms with Gasteiger partial charge in [-0.3, -0.25) is 0 Å². The van der Waals surface area contributed by atoms with Gasteiger partial charge in [0.1, 0.15) is 0 Å². The molecule has 0 radical (unpaired) electrons. The number of hydrogen-bond donors (Lipinski definition) is 2. The molecule has 17 heavy (non-hydrogen) atoms. The lowest BCUT2D eigenvalue weighted by Crippen LogP contribution is -2.39. The summed E-state index contributed by atoms with van der Waals surface area (Å²) in [6.07, 6.45) is 8.67. The molecule has 2 nitrogen and oxygen atoms in total. The van der Waals surface area contributed by atoms with Crippen LogP contribution in [0.15, 0.2) is 0 Å². The van der Waals surface area contributed by atoms with Gasteiger partial charge in [-0.05, 0) is 58.8 Å². The van der Waals surface area contributed by atoms with E-state index in [1.54, 1.807) is 0 Å². The highest BCUT2D eigenvalue weighted by Gasteiger charge is 2.20. The molecule has 0 heterocycles. The van der Waals surface area contributed by atoms with Crippen molar-refractivity contribution in [2.45, 2.75) is 90.3 Å². The minimum atomic E-state index is -0.501. The SMILES string of the molecule is C[C@@H]1CCC[C@@H](N[C@H](C)CCCC(C)(C)O)C1. The fourth-order valence-electron chi connectivity index (χ4n) is 2.91. The molecule has 0 spiro atoms. The normalized spacial score (nSPS) is 28.1. The fraction of sp³-hybridized carbons (Fsp3) is 1.00. The van der Waals surface area contributed by atoms with Crippen LogP contribution < -0.4 is 5.32 Å². The third-order valence-electron chi connectivity index (χ3n) is 3.88. The molecule has 0 unspecified atom stereocenters. The average Bonchev–Trinajstić information content (AvgIpc) is 2.15. The Morgan fingerprint density at radius 2 is 2.06 bits per heavy atom. The molecular formula is C15H31NO. The molecule has 1 aliphatic rings. The van der Waals surface area contributed by atoms with Crippen LogP contribution in [0, 0.1) is 5.92 Å². The molecule has 2 N–H and O–H groups in total. The molecule has 0 saturated heterocycles. The highest BCUT2D eigenvalue weighted by atomic mass is 16.3. The van der Waals surface area contributed by atoms with Crippen LogP contribution in [0.4, 0.5) is 0 Å². The molecule has 1 saturated carbocycles. The first kappa shape index (κ1) is 15.0. The van der Waals surface area contributed by atoms with E-state index in [9.17, 15) is 5.11 Å². The lowest BCUT2D eigenvalue weighted by molar-refractivity contribution is 0.0673. The van der Waals surface area contributed by atoms with Crippen molar-refractivity contribution in [3.05, 3.63) is 0 Å². The van der Waals surface area contributed by atoms with Crippen molar-refractivity contribution < 1.29 is 5.11 Å². The first-order valence-electron chi connectivity index (χ1n) is 7.35. The second kappa shape index (κ2) is 6.75. The summed E-state index contributed by atoms with van der Waals surface area (Å²) in [7, 11) is 0. The molecule has 0 aliphatic heterocycles. The highest BCUT2D eigenvalue weighted by molar-refractivity contribution is 4.78. The maximum Gasteiger partial charge on any atom is 0.0591 e. The van der Waals surface area contributed by atoms with Crippen LogP contribution in [-0.4, -0.2) is 22.8 Å². The highest BCUT2D eigenvalue weighted by Crippen LogP contribution is 2.24. The van der Waals surface area contributed by atoms with Crippen LogP contribution in [0.25, 0.3) is 0 Å². The van der Waals surface area contributed by atoms with Crippen molar-refractivity contribution in [1.82, 2.24) is 5.32 Å². The largest absolute Gasteiger partial charge is 0.390 e. The Morgan fingerprint density at radius 1 is 1.35 bits per heavy atom. The zero-order chi connectivity index (χ0) is 12.9. The molecule has 1 fully saturated rings. The molecule has 3 atom stereocenters. The minimum Gasteiger partial charge on any atom is -0.390 e. The monoisotopic (exact) mass is 241 g/mol. The number of rotatable bonds is 6. The fourth-order valence-corrected chi connectivity index (χ4v) is 2.91. The Hall–Kier alpha value is -0.0800. The number of hydrogen-bond acceptors (Lipinski definition) is 2. The summed E-state index contributed by atoms with van der Waals surface area (Å²) in [5.74, 6) is 0.893.